The van der Waals surface area contributed by atoms with Gasteiger partial charge in [0, 0.05) is 5.92 Å². The standard InChI is InChI=1S/C19H31NO/c1-18-9-5-7-14(18)13-12-17(20-21)16-6-3-4-10-19(16,2)15(13)8-11-18/h13-16,21H,3-12H2,1-2H3/b20-17+/t13-,14-,15-,16?,18-,19+/m0/s1. The second-order valence-electron chi connectivity index (χ2n) is 9.06. The van der Waals surface area contributed by atoms with Gasteiger partial charge in [-0.1, -0.05) is 38.3 Å². The monoisotopic (exact) mass is 289 g/mol. The third-order valence-corrected chi connectivity index (χ3v) is 8.30. The Balaban J connectivity index is 1.72. The second kappa shape index (κ2) is 4.73. The Morgan fingerprint density at radius 3 is 2.62 bits per heavy atom. The molecule has 2 heteroatoms. The minimum atomic E-state index is 0.423. The number of nitrogens with zero attached hydrogens (tertiary/aromatic N) is 1. The van der Waals surface area contributed by atoms with Gasteiger partial charge in [-0.25, -0.2) is 0 Å². The average Bonchev–Trinajstić information content (AvgIpc) is 2.87. The molecule has 4 aliphatic carbocycles. The smallest absolute Gasteiger partial charge is 0.0610 e. The quantitative estimate of drug-likeness (QED) is 0.479. The van der Waals surface area contributed by atoms with Gasteiger partial charge in [0.25, 0.3) is 0 Å². The van der Waals surface area contributed by atoms with E-state index in [0.717, 1.165) is 29.9 Å². The minimum Gasteiger partial charge on any atom is -0.411 e. The van der Waals surface area contributed by atoms with Crippen molar-refractivity contribution in [3.05, 3.63) is 0 Å². The largest absolute Gasteiger partial charge is 0.411 e. The van der Waals surface area contributed by atoms with E-state index in [2.05, 4.69) is 19.0 Å². The van der Waals surface area contributed by atoms with Crippen molar-refractivity contribution < 1.29 is 5.21 Å². The Kier molecular flexibility index (Phi) is 3.17. The Morgan fingerprint density at radius 1 is 0.952 bits per heavy atom. The van der Waals surface area contributed by atoms with Crippen LogP contribution in [0.4, 0.5) is 0 Å². The number of hydrogen-bond acceptors (Lipinski definition) is 2. The van der Waals surface area contributed by atoms with Crippen molar-refractivity contribution in [1.29, 1.82) is 0 Å². The molecule has 0 heterocycles. The summed E-state index contributed by atoms with van der Waals surface area (Å²) >= 11 is 0. The molecule has 4 saturated carbocycles. The van der Waals surface area contributed by atoms with Crippen molar-refractivity contribution in [2.75, 3.05) is 0 Å². The topological polar surface area (TPSA) is 32.6 Å². The summed E-state index contributed by atoms with van der Waals surface area (Å²) in [6, 6.07) is 0. The molecule has 118 valence electrons. The zero-order valence-electron chi connectivity index (χ0n) is 13.8. The van der Waals surface area contributed by atoms with Crippen molar-refractivity contribution in [3.63, 3.8) is 0 Å². The Morgan fingerprint density at radius 2 is 1.81 bits per heavy atom. The molecular weight excluding hydrogens is 258 g/mol. The fraction of sp³-hybridized carbons (Fsp3) is 0.947. The van der Waals surface area contributed by atoms with Gasteiger partial charge in [0.2, 0.25) is 0 Å². The van der Waals surface area contributed by atoms with Crippen LogP contribution in [-0.2, 0) is 0 Å². The van der Waals surface area contributed by atoms with E-state index in [-0.39, 0.29) is 0 Å². The molecule has 0 saturated heterocycles. The fourth-order valence-corrected chi connectivity index (χ4v) is 7.23. The summed E-state index contributed by atoms with van der Waals surface area (Å²) in [5.74, 6) is 3.16. The third-order valence-electron chi connectivity index (χ3n) is 8.30. The van der Waals surface area contributed by atoms with Crippen molar-refractivity contribution in [1.82, 2.24) is 0 Å². The number of rotatable bonds is 0. The molecule has 0 aliphatic heterocycles. The van der Waals surface area contributed by atoms with Gasteiger partial charge in [0.1, 0.15) is 0 Å². The predicted molar refractivity (Wildman–Crippen MR) is 85.6 cm³/mol. The minimum absolute atomic E-state index is 0.423. The fourth-order valence-electron chi connectivity index (χ4n) is 7.23. The van der Waals surface area contributed by atoms with E-state index in [0.29, 0.717) is 16.7 Å². The molecule has 0 aromatic carbocycles. The molecule has 6 atom stereocenters. The molecule has 1 N–H and O–H groups in total. The highest BCUT2D eigenvalue weighted by Gasteiger charge is 2.58. The van der Waals surface area contributed by atoms with Gasteiger partial charge in [-0.05, 0) is 73.5 Å². The predicted octanol–water partition coefficient (Wildman–Crippen LogP) is 5.25. The molecule has 0 aromatic heterocycles. The zero-order chi connectivity index (χ0) is 14.7. The Labute approximate surface area is 129 Å². The van der Waals surface area contributed by atoms with Crippen LogP contribution in [0.3, 0.4) is 0 Å². The van der Waals surface area contributed by atoms with Crippen LogP contribution < -0.4 is 0 Å². The molecule has 21 heavy (non-hydrogen) atoms. The number of fused-ring (bicyclic) bond motifs is 5. The summed E-state index contributed by atoms with van der Waals surface area (Å²) in [5.41, 5.74) is 2.18. The molecule has 4 rings (SSSR count). The molecule has 0 amide bonds. The maximum atomic E-state index is 9.63. The summed E-state index contributed by atoms with van der Waals surface area (Å²) in [5, 5.41) is 13.4. The zero-order valence-corrected chi connectivity index (χ0v) is 13.8. The molecule has 0 spiro atoms. The molecular formula is C19H31NO. The van der Waals surface area contributed by atoms with Gasteiger partial charge in [0.05, 0.1) is 5.71 Å². The lowest BCUT2D eigenvalue weighted by atomic mass is 9.45. The van der Waals surface area contributed by atoms with Crippen molar-refractivity contribution in [3.8, 4) is 0 Å². The van der Waals surface area contributed by atoms with Gasteiger partial charge in [-0.2, -0.15) is 0 Å². The van der Waals surface area contributed by atoms with Crippen LogP contribution in [0.15, 0.2) is 5.16 Å². The van der Waals surface area contributed by atoms with Crippen LogP contribution in [-0.4, -0.2) is 10.9 Å². The lowest BCUT2D eigenvalue weighted by Crippen LogP contribution is -2.55. The molecule has 0 bridgehead atoms. The van der Waals surface area contributed by atoms with E-state index >= 15 is 0 Å². The van der Waals surface area contributed by atoms with Gasteiger partial charge >= 0.3 is 0 Å². The van der Waals surface area contributed by atoms with Crippen LogP contribution in [0.5, 0.6) is 0 Å². The molecule has 0 radical (unpaired) electrons. The highest BCUT2D eigenvalue weighted by atomic mass is 16.4. The molecule has 1 unspecified atom stereocenters. The molecule has 2 nitrogen and oxygen atoms in total. The van der Waals surface area contributed by atoms with E-state index in [9.17, 15) is 5.21 Å². The van der Waals surface area contributed by atoms with Gasteiger partial charge in [-0.3, -0.25) is 0 Å². The first-order chi connectivity index (χ1) is 10.1. The van der Waals surface area contributed by atoms with Crippen molar-refractivity contribution in [2.45, 2.75) is 78.1 Å². The maximum Gasteiger partial charge on any atom is 0.0610 e. The van der Waals surface area contributed by atoms with E-state index < -0.39 is 0 Å². The van der Waals surface area contributed by atoms with Crippen LogP contribution in [0.2, 0.25) is 0 Å². The van der Waals surface area contributed by atoms with Crippen molar-refractivity contribution >= 4 is 5.71 Å². The highest BCUT2D eigenvalue weighted by molar-refractivity contribution is 5.88. The van der Waals surface area contributed by atoms with E-state index in [1.54, 1.807) is 0 Å². The highest BCUT2D eigenvalue weighted by Crippen LogP contribution is 2.65. The molecule has 4 aliphatic rings. The van der Waals surface area contributed by atoms with Crippen LogP contribution in [0.25, 0.3) is 0 Å². The summed E-state index contributed by atoms with van der Waals surface area (Å²) in [6.45, 7) is 5.09. The molecule has 4 fully saturated rings. The van der Waals surface area contributed by atoms with Gasteiger partial charge < -0.3 is 5.21 Å². The first kappa shape index (κ1) is 14.1. The SMILES string of the molecule is C[C@@]12CCC[C@H]1[C@@H]1C/C(=N\O)C3CCCC[C@]3(C)[C@H]1CC2. The normalized spacial score (nSPS) is 54.9. The lowest BCUT2D eigenvalue weighted by Gasteiger charge is -2.59. The van der Waals surface area contributed by atoms with Crippen LogP contribution in [0, 0.1) is 34.5 Å². The Bertz CT molecular complexity index is 458. The van der Waals surface area contributed by atoms with Crippen LogP contribution in [0.1, 0.15) is 78.1 Å². The number of hydrogen-bond donors (Lipinski definition) is 1. The van der Waals surface area contributed by atoms with Crippen LogP contribution >= 0.6 is 0 Å². The maximum absolute atomic E-state index is 9.63. The van der Waals surface area contributed by atoms with Crippen molar-refractivity contribution in [2.24, 2.45) is 39.7 Å². The van der Waals surface area contributed by atoms with E-state index in [1.807, 2.05) is 0 Å². The first-order valence-electron chi connectivity index (χ1n) is 9.29. The lowest BCUT2D eigenvalue weighted by molar-refractivity contribution is -0.0642. The van der Waals surface area contributed by atoms with E-state index in [1.165, 1.54) is 57.8 Å². The first-order valence-corrected chi connectivity index (χ1v) is 9.29. The third kappa shape index (κ3) is 1.86. The summed E-state index contributed by atoms with van der Waals surface area (Å²) in [6.07, 6.45) is 13.6. The summed E-state index contributed by atoms with van der Waals surface area (Å²) in [4.78, 5) is 0. The van der Waals surface area contributed by atoms with E-state index in [4.69, 9.17) is 0 Å². The second-order valence-corrected chi connectivity index (χ2v) is 9.06. The number of oxime groups is 1. The average molecular weight is 289 g/mol. The summed E-state index contributed by atoms with van der Waals surface area (Å²) in [7, 11) is 0. The van der Waals surface area contributed by atoms with Gasteiger partial charge in [-0.15, -0.1) is 0 Å². The van der Waals surface area contributed by atoms with Gasteiger partial charge in [0.15, 0.2) is 0 Å². The summed E-state index contributed by atoms with van der Waals surface area (Å²) < 4.78 is 0. The molecule has 0 aromatic rings. The Hall–Kier alpha value is -0.530.